The number of benzene rings is 2. The van der Waals surface area contributed by atoms with Gasteiger partial charge in [-0.05, 0) is 43.3 Å². The lowest BCUT2D eigenvalue weighted by Gasteiger charge is -2.10. The van der Waals surface area contributed by atoms with E-state index in [2.05, 4.69) is 5.32 Å². The highest BCUT2D eigenvalue weighted by atomic mass is 32.2. The number of sulfone groups is 1. The third-order valence-electron chi connectivity index (χ3n) is 4.12. The molecule has 118 valence electrons. The van der Waals surface area contributed by atoms with Gasteiger partial charge in [-0.15, -0.1) is 0 Å². The Labute approximate surface area is 133 Å². The molecule has 0 spiro atoms. The fourth-order valence-electron chi connectivity index (χ4n) is 2.97. The molecule has 2 heterocycles. The average molecular weight is 329 g/mol. The van der Waals surface area contributed by atoms with Crippen molar-refractivity contribution in [3.8, 4) is 5.75 Å². The maximum Gasteiger partial charge on any atom is 0.206 e. The van der Waals surface area contributed by atoms with E-state index >= 15 is 0 Å². The molecule has 1 aliphatic heterocycles. The smallest absolute Gasteiger partial charge is 0.206 e. The minimum atomic E-state index is -3.69. The van der Waals surface area contributed by atoms with E-state index in [1.807, 2.05) is 0 Å². The number of phenolic OH excluding ortho intramolecular Hbond substituents is 1. The SMILES string of the molecule is O=S(=O)(c1cccc(O)c1)c1ccc2c3c(oc2c1)CNCC3. The third kappa shape index (κ3) is 2.31. The van der Waals surface area contributed by atoms with Gasteiger partial charge in [0.2, 0.25) is 9.84 Å². The Bertz CT molecular complexity index is 1000. The van der Waals surface area contributed by atoms with Crippen molar-refractivity contribution in [3.05, 3.63) is 53.8 Å². The fraction of sp³-hybridized carbons (Fsp3) is 0.176. The first-order valence-corrected chi connectivity index (χ1v) is 8.83. The molecule has 5 nitrogen and oxygen atoms in total. The van der Waals surface area contributed by atoms with Gasteiger partial charge in [0.1, 0.15) is 17.1 Å². The van der Waals surface area contributed by atoms with Gasteiger partial charge in [-0.3, -0.25) is 0 Å². The maximum absolute atomic E-state index is 12.7. The second-order valence-corrected chi connectivity index (χ2v) is 7.54. The molecule has 0 radical (unpaired) electrons. The quantitative estimate of drug-likeness (QED) is 0.755. The summed E-state index contributed by atoms with van der Waals surface area (Å²) in [6, 6.07) is 10.6. The van der Waals surface area contributed by atoms with Crippen LogP contribution in [0.3, 0.4) is 0 Å². The van der Waals surface area contributed by atoms with Crippen molar-refractivity contribution in [3.63, 3.8) is 0 Å². The molecular weight excluding hydrogens is 314 g/mol. The molecule has 4 rings (SSSR count). The second-order valence-electron chi connectivity index (χ2n) is 5.59. The molecule has 0 atom stereocenters. The van der Waals surface area contributed by atoms with Gasteiger partial charge in [0.25, 0.3) is 0 Å². The van der Waals surface area contributed by atoms with Crippen LogP contribution in [0, 0.1) is 0 Å². The lowest BCUT2D eigenvalue weighted by Crippen LogP contribution is -2.22. The minimum absolute atomic E-state index is 0.0647. The molecule has 3 aromatic rings. The normalized spacial score (nSPS) is 14.8. The number of nitrogens with one attached hydrogen (secondary N) is 1. The van der Waals surface area contributed by atoms with Crippen LogP contribution in [0.1, 0.15) is 11.3 Å². The number of fused-ring (bicyclic) bond motifs is 3. The van der Waals surface area contributed by atoms with Crippen LogP contribution in [0.25, 0.3) is 11.0 Å². The van der Waals surface area contributed by atoms with Crippen LogP contribution in [0.4, 0.5) is 0 Å². The third-order valence-corrected chi connectivity index (χ3v) is 5.87. The minimum Gasteiger partial charge on any atom is -0.508 e. The van der Waals surface area contributed by atoms with Crippen LogP contribution >= 0.6 is 0 Å². The van der Waals surface area contributed by atoms with Gasteiger partial charge in [0, 0.05) is 17.0 Å². The predicted molar refractivity (Wildman–Crippen MR) is 85.2 cm³/mol. The number of furan rings is 1. The average Bonchev–Trinajstić information content (AvgIpc) is 2.92. The molecule has 0 unspecified atom stereocenters. The summed E-state index contributed by atoms with van der Waals surface area (Å²) in [6.07, 6.45) is 0.876. The van der Waals surface area contributed by atoms with E-state index in [4.69, 9.17) is 4.42 Å². The summed E-state index contributed by atoms with van der Waals surface area (Å²) in [5, 5.41) is 13.7. The van der Waals surface area contributed by atoms with Crippen molar-refractivity contribution in [2.75, 3.05) is 6.54 Å². The van der Waals surface area contributed by atoms with Gasteiger partial charge < -0.3 is 14.8 Å². The topological polar surface area (TPSA) is 79.5 Å². The molecule has 2 aromatic carbocycles. The van der Waals surface area contributed by atoms with Crippen molar-refractivity contribution < 1.29 is 17.9 Å². The Morgan fingerprint density at radius 3 is 2.74 bits per heavy atom. The van der Waals surface area contributed by atoms with Crippen LogP contribution in [-0.4, -0.2) is 20.1 Å². The largest absolute Gasteiger partial charge is 0.508 e. The van der Waals surface area contributed by atoms with Crippen LogP contribution in [-0.2, 0) is 22.8 Å². The lowest BCUT2D eigenvalue weighted by molar-refractivity contribution is 0.473. The Balaban J connectivity index is 1.86. The van der Waals surface area contributed by atoms with Crippen LogP contribution in [0.15, 0.2) is 56.7 Å². The molecule has 6 heteroatoms. The highest BCUT2D eigenvalue weighted by Gasteiger charge is 2.22. The van der Waals surface area contributed by atoms with E-state index in [1.54, 1.807) is 18.2 Å². The Hall–Kier alpha value is -2.31. The van der Waals surface area contributed by atoms with Crippen molar-refractivity contribution in [2.24, 2.45) is 0 Å². The highest BCUT2D eigenvalue weighted by Crippen LogP contribution is 2.32. The van der Waals surface area contributed by atoms with Gasteiger partial charge >= 0.3 is 0 Å². The Morgan fingerprint density at radius 2 is 1.91 bits per heavy atom. The van der Waals surface area contributed by atoms with E-state index in [0.29, 0.717) is 12.1 Å². The highest BCUT2D eigenvalue weighted by molar-refractivity contribution is 7.91. The summed E-state index contributed by atoms with van der Waals surface area (Å²) in [7, 11) is -3.69. The van der Waals surface area contributed by atoms with Gasteiger partial charge in [-0.2, -0.15) is 0 Å². The van der Waals surface area contributed by atoms with Crippen LogP contribution in [0.2, 0.25) is 0 Å². The zero-order valence-corrected chi connectivity index (χ0v) is 13.1. The summed E-state index contributed by atoms with van der Waals surface area (Å²) in [5.74, 6) is 0.796. The van der Waals surface area contributed by atoms with E-state index in [9.17, 15) is 13.5 Å². The van der Waals surface area contributed by atoms with Crippen molar-refractivity contribution >= 4 is 20.8 Å². The number of rotatable bonds is 2. The molecule has 0 saturated heterocycles. The summed E-state index contributed by atoms with van der Waals surface area (Å²) in [6.45, 7) is 1.56. The molecule has 1 aliphatic rings. The van der Waals surface area contributed by atoms with E-state index < -0.39 is 9.84 Å². The molecule has 0 amide bonds. The first-order chi connectivity index (χ1) is 11.1. The summed E-state index contributed by atoms with van der Waals surface area (Å²) < 4.78 is 31.2. The number of phenols is 1. The van der Waals surface area contributed by atoms with Gasteiger partial charge in [-0.1, -0.05) is 6.07 Å². The molecule has 0 fully saturated rings. The monoisotopic (exact) mass is 329 g/mol. The molecule has 0 aliphatic carbocycles. The molecule has 0 bridgehead atoms. The fourth-order valence-corrected chi connectivity index (χ4v) is 4.28. The van der Waals surface area contributed by atoms with E-state index in [1.165, 1.54) is 24.3 Å². The van der Waals surface area contributed by atoms with Gasteiger partial charge in [-0.25, -0.2) is 8.42 Å². The van der Waals surface area contributed by atoms with Crippen molar-refractivity contribution in [1.29, 1.82) is 0 Å². The van der Waals surface area contributed by atoms with Gasteiger partial charge in [0.05, 0.1) is 16.3 Å². The van der Waals surface area contributed by atoms with E-state index in [0.717, 1.165) is 29.7 Å². The van der Waals surface area contributed by atoms with Crippen molar-refractivity contribution in [2.45, 2.75) is 22.8 Å². The summed E-state index contributed by atoms with van der Waals surface area (Å²) in [4.78, 5) is 0.226. The van der Waals surface area contributed by atoms with E-state index in [-0.39, 0.29) is 15.5 Å². The van der Waals surface area contributed by atoms with Gasteiger partial charge in [0.15, 0.2) is 0 Å². The maximum atomic E-state index is 12.7. The second kappa shape index (κ2) is 5.11. The number of hydrogen-bond donors (Lipinski definition) is 2. The lowest BCUT2D eigenvalue weighted by atomic mass is 10.1. The summed E-state index contributed by atoms with van der Waals surface area (Å²) >= 11 is 0. The molecule has 1 aromatic heterocycles. The zero-order valence-electron chi connectivity index (χ0n) is 12.2. The number of aromatic hydroxyl groups is 1. The molecule has 23 heavy (non-hydrogen) atoms. The molecule has 2 N–H and O–H groups in total. The zero-order chi connectivity index (χ0) is 16.0. The predicted octanol–water partition coefficient (Wildman–Crippen LogP) is 2.62. The van der Waals surface area contributed by atoms with Crippen molar-refractivity contribution in [1.82, 2.24) is 5.32 Å². The first-order valence-electron chi connectivity index (χ1n) is 7.35. The van der Waals surface area contributed by atoms with Crippen LogP contribution in [0.5, 0.6) is 5.75 Å². The summed E-state index contributed by atoms with van der Waals surface area (Å²) in [5.41, 5.74) is 1.74. The number of hydrogen-bond acceptors (Lipinski definition) is 5. The Kier molecular flexibility index (Phi) is 3.18. The first kappa shape index (κ1) is 14.3. The van der Waals surface area contributed by atoms with Crippen LogP contribution < -0.4 is 5.32 Å². The molecule has 0 saturated carbocycles. The standard InChI is InChI=1S/C17H15NO4S/c19-11-2-1-3-12(8-11)23(20,21)13-4-5-14-15-6-7-18-10-17(15)22-16(14)9-13/h1-5,8-9,18-19H,6-7,10H2. The molecular formula is C17H15NO4S. The Morgan fingerprint density at radius 1 is 1.09 bits per heavy atom.